The van der Waals surface area contributed by atoms with Gasteiger partial charge >= 0.3 is 11.1 Å². The van der Waals surface area contributed by atoms with Crippen LogP contribution in [0.5, 0.6) is 0 Å². The van der Waals surface area contributed by atoms with Gasteiger partial charge in [0.2, 0.25) is 0 Å². The molecule has 0 amide bonds. The smallest absolute Gasteiger partial charge is 0.306 e. The second kappa shape index (κ2) is 4.51. The van der Waals surface area contributed by atoms with E-state index in [2.05, 4.69) is 6.58 Å². The summed E-state index contributed by atoms with van der Waals surface area (Å²) in [5, 5.41) is 0. The molecule has 1 aliphatic carbocycles. The maximum atomic E-state index is 11.8. The molecule has 4 nitrogen and oxygen atoms in total. The van der Waals surface area contributed by atoms with Crippen LogP contribution in [0.4, 0.5) is 0 Å². The third-order valence-corrected chi connectivity index (χ3v) is 3.13. The van der Waals surface area contributed by atoms with Gasteiger partial charge in [-0.25, -0.2) is 0 Å². The van der Waals surface area contributed by atoms with E-state index in [1.54, 1.807) is 23.0 Å². The summed E-state index contributed by atoms with van der Waals surface area (Å²) < 4.78 is 2.98. The molecule has 1 heterocycles. The maximum absolute atomic E-state index is 11.8. The van der Waals surface area contributed by atoms with Crippen molar-refractivity contribution >= 4 is 0 Å². The zero-order chi connectivity index (χ0) is 11.5. The van der Waals surface area contributed by atoms with Crippen LogP contribution in [0.25, 0.3) is 0 Å². The van der Waals surface area contributed by atoms with Gasteiger partial charge in [0.15, 0.2) is 0 Å². The van der Waals surface area contributed by atoms with E-state index in [1.165, 1.54) is 4.57 Å². The Bertz CT molecular complexity index is 492. The minimum absolute atomic E-state index is 0.221. The average Bonchev–Trinajstić information content (AvgIpc) is 2.79. The van der Waals surface area contributed by atoms with Crippen molar-refractivity contribution in [3.63, 3.8) is 0 Å². The van der Waals surface area contributed by atoms with Gasteiger partial charge in [-0.2, -0.15) is 0 Å². The molecule has 0 atom stereocenters. The molecule has 1 aromatic heterocycles. The molecule has 1 aromatic rings. The number of aromatic nitrogens is 2. The van der Waals surface area contributed by atoms with Gasteiger partial charge in [0, 0.05) is 25.0 Å². The van der Waals surface area contributed by atoms with Crippen LogP contribution in [0, 0.1) is 0 Å². The first-order valence-corrected chi connectivity index (χ1v) is 5.66. The van der Waals surface area contributed by atoms with E-state index in [-0.39, 0.29) is 6.04 Å². The molecule has 2 rings (SSSR count). The van der Waals surface area contributed by atoms with E-state index in [9.17, 15) is 9.59 Å². The topological polar surface area (TPSA) is 44.0 Å². The summed E-state index contributed by atoms with van der Waals surface area (Å²) in [5.41, 5.74) is -0.856. The van der Waals surface area contributed by atoms with Gasteiger partial charge in [-0.05, 0) is 12.8 Å². The van der Waals surface area contributed by atoms with Gasteiger partial charge in [-0.15, -0.1) is 6.58 Å². The predicted molar refractivity (Wildman–Crippen MR) is 62.7 cm³/mol. The highest BCUT2D eigenvalue weighted by Gasteiger charge is 2.18. The highest BCUT2D eigenvalue weighted by atomic mass is 16.2. The molecule has 0 bridgehead atoms. The Morgan fingerprint density at radius 1 is 1.25 bits per heavy atom. The third kappa shape index (κ3) is 1.87. The highest BCUT2D eigenvalue weighted by Crippen LogP contribution is 2.27. The van der Waals surface area contributed by atoms with Gasteiger partial charge in [0.1, 0.15) is 0 Å². The molecular weight excluding hydrogens is 204 g/mol. The molecule has 0 spiro atoms. The summed E-state index contributed by atoms with van der Waals surface area (Å²) >= 11 is 0. The van der Waals surface area contributed by atoms with E-state index in [1.807, 2.05) is 0 Å². The molecular formula is C12H16N2O2. The van der Waals surface area contributed by atoms with Crippen molar-refractivity contribution in [3.8, 4) is 0 Å². The lowest BCUT2D eigenvalue weighted by molar-refractivity contribution is 0.488. The van der Waals surface area contributed by atoms with Gasteiger partial charge in [0.05, 0.1) is 0 Å². The van der Waals surface area contributed by atoms with E-state index < -0.39 is 11.1 Å². The van der Waals surface area contributed by atoms with Crippen LogP contribution in [0.2, 0.25) is 0 Å². The lowest BCUT2D eigenvalue weighted by Gasteiger charge is -2.13. The van der Waals surface area contributed by atoms with Crippen molar-refractivity contribution in [2.75, 3.05) is 0 Å². The van der Waals surface area contributed by atoms with Gasteiger partial charge in [0.25, 0.3) is 0 Å². The fourth-order valence-corrected chi connectivity index (χ4v) is 2.27. The summed E-state index contributed by atoms with van der Waals surface area (Å²) in [6, 6.07) is 0.221. The zero-order valence-corrected chi connectivity index (χ0v) is 9.26. The summed E-state index contributed by atoms with van der Waals surface area (Å²) in [7, 11) is 0. The first-order valence-electron chi connectivity index (χ1n) is 5.66. The van der Waals surface area contributed by atoms with Crippen molar-refractivity contribution in [1.29, 1.82) is 0 Å². The summed E-state index contributed by atoms with van der Waals surface area (Å²) in [4.78, 5) is 23.6. The fraction of sp³-hybridized carbons (Fsp3) is 0.500. The van der Waals surface area contributed by atoms with Crippen LogP contribution in [0.15, 0.2) is 34.6 Å². The molecule has 1 saturated carbocycles. The van der Waals surface area contributed by atoms with Crippen molar-refractivity contribution in [1.82, 2.24) is 9.13 Å². The minimum Gasteiger partial charge on any atom is -0.306 e. The Balaban J connectivity index is 2.42. The van der Waals surface area contributed by atoms with Crippen molar-refractivity contribution in [2.24, 2.45) is 0 Å². The highest BCUT2D eigenvalue weighted by molar-refractivity contribution is 4.91. The normalized spacial score (nSPS) is 16.5. The number of hydrogen-bond acceptors (Lipinski definition) is 2. The molecule has 4 heteroatoms. The van der Waals surface area contributed by atoms with Crippen molar-refractivity contribution < 1.29 is 0 Å². The Hall–Kier alpha value is -1.58. The minimum atomic E-state index is -0.450. The first-order chi connectivity index (χ1) is 7.74. The van der Waals surface area contributed by atoms with Gasteiger partial charge in [-0.1, -0.05) is 18.9 Å². The SMILES string of the molecule is C=CCn1ccn(C2CCCC2)c(=O)c1=O. The summed E-state index contributed by atoms with van der Waals surface area (Å²) in [6.07, 6.45) is 9.31. The zero-order valence-electron chi connectivity index (χ0n) is 9.26. The van der Waals surface area contributed by atoms with Crippen LogP contribution in [0.3, 0.4) is 0 Å². The molecule has 86 valence electrons. The maximum Gasteiger partial charge on any atom is 0.316 e. The number of nitrogens with zero attached hydrogens (tertiary/aromatic N) is 2. The monoisotopic (exact) mass is 220 g/mol. The van der Waals surface area contributed by atoms with Crippen LogP contribution >= 0.6 is 0 Å². The van der Waals surface area contributed by atoms with Crippen LogP contribution in [0.1, 0.15) is 31.7 Å². The van der Waals surface area contributed by atoms with E-state index >= 15 is 0 Å². The lowest BCUT2D eigenvalue weighted by atomic mass is 10.2. The van der Waals surface area contributed by atoms with Gasteiger partial charge < -0.3 is 9.13 Å². The Kier molecular flexibility index (Phi) is 3.08. The molecule has 0 saturated heterocycles. The molecule has 1 fully saturated rings. The number of allylic oxidation sites excluding steroid dienone is 1. The summed E-state index contributed by atoms with van der Waals surface area (Å²) in [6.45, 7) is 3.95. The number of hydrogen-bond donors (Lipinski definition) is 0. The molecule has 0 radical (unpaired) electrons. The average molecular weight is 220 g/mol. The number of rotatable bonds is 3. The third-order valence-electron chi connectivity index (χ3n) is 3.13. The summed E-state index contributed by atoms with van der Waals surface area (Å²) in [5.74, 6) is 0. The molecule has 1 aliphatic rings. The van der Waals surface area contributed by atoms with Gasteiger partial charge in [-0.3, -0.25) is 9.59 Å². The van der Waals surface area contributed by atoms with E-state index in [0.29, 0.717) is 6.54 Å². The standard InChI is InChI=1S/C12H16N2O2/c1-2-7-13-8-9-14(12(16)11(13)15)10-5-3-4-6-10/h2,8-10H,1,3-7H2. The van der Waals surface area contributed by atoms with Crippen molar-refractivity contribution in [2.45, 2.75) is 38.3 Å². The molecule has 16 heavy (non-hydrogen) atoms. The van der Waals surface area contributed by atoms with Crippen LogP contribution in [-0.2, 0) is 6.54 Å². The Labute approximate surface area is 93.8 Å². The van der Waals surface area contributed by atoms with Crippen molar-refractivity contribution in [3.05, 3.63) is 45.8 Å². The van der Waals surface area contributed by atoms with Crippen LogP contribution in [-0.4, -0.2) is 9.13 Å². The Morgan fingerprint density at radius 2 is 1.94 bits per heavy atom. The second-order valence-electron chi connectivity index (χ2n) is 4.20. The Morgan fingerprint density at radius 3 is 2.56 bits per heavy atom. The predicted octanol–water partition coefficient (Wildman–Crippen LogP) is 1.31. The largest absolute Gasteiger partial charge is 0.316 e. The molecule has 0 aliphatic heterocycles. The quantitative estimate of drug-likeness (QED) is 0.569. The van der Waals surface area contributed by atoms with Crippen LogP contribution < -0.4 is 11.1 Å². The second-order valence-corrected chi connectivity index (χ2v) is 4.20. The van der Waals surface area contributed by atoms with E-state index in [4.69, 9.17) is 0 Å². The fourth-order valence-electron chi connectivity index (χ4n) is 2.27. The molecule has 0 unspecified atom stereocenters. The van der Waals surface area contributed by atoms with E-state index in [0.717, 1.165) is 25.7 Å². The molecule has 0 N–H and O–H groups in total. The molecule has 0 aromatic carbocycles. The first kappa shape index (κ1) is 10.9. The lowest BCUT2D eigenvalue weighted by Crippen LogP contribution is -2.41.